The van der Waals surface area contributed by atoms with Gasteiger partial charge < -0.3 is 45.2 Å². The number of aromatic amines is 3. The number of ether oxygens (including phenoxy) is 1. The van der Waals surface area contributed by atoms with E-state index in [0.717, 1.165) is 82.6 Å². The number of hydrogen-bond acceptors (Lipinski definition) is 8. The van der Waals surface area contributed by atoms with Crippen LogP contribution in [-0.2, 0) is 25.5 Å². The number of carbonyl (C=O) groups excluding carboxylic acids is 4. The first kappa shape index (κ1) is 38.9. The number of rotatable bonds is 11. The SMILES string of the molecule is COC(=O)N[C@H](C(=O)N1CCC[C@H]1c1ncc(-c2ccc3c(c2)Cc2c-3[nH]c3ccc(-c4cnc([C@@H]5CCCN5C(=O)[C@@H](NC(=O)CO)C(C)C)[nH]4)cc23)[nH]1)C(C)C. The van der Waals surface area contributed by atoms with E-state index in [0.29, 0.717) is 18.9 Å². The van der Waals surface area contributed by atoms with Gasteiger partial charge in [0.25, 0.3) is 0 Å². The molecule has 2 saturated heterocycles. The minimum Gasteiger partial charge on any atom is -0.453 e. The van der Waals surface area contributed by atoms with Crippen molar-refractivity contribution >= 4 is 34.7 Å². The van der Waals surface area contributed by atoms with Crippen LogP contribution in [0.4, 0.5) is 4.79 Å². The van der Waals surface area contributed by atoms with Gasteiger partial charge in [-0.2, -0.15) is 0 Å². The molecule has 5 aromatic rings. The number of imidazole rings is 2. The maximum atomic E-state index is 13.6. The molecule has 304 valence electrons. The number of nitrogens with zero attached hydrogens (tertiary/aromatic N) is 4. The van der Waals surface area contributed by atoms with Crippen LogP contribution in [0.3, 0.4) is 0 Å². The average Bonchev–Trinajstić information content (AvgIpc) is 4.07. The molecule has 2 aliphatic heterocycles. The Morgan fingerprint density at radius 3 is 1.95 bits per heavy atom. The molecule has 3 aromatic heterocycles. The first-order chi connectivity index (χ1) is 27.9. The van der Waals surface area contributed by atoms with Crippen molar-refractivity contribution in [3.8, 4) is 33.8 Å². The number of aliphatic hydroxyl groups is 1. The van der Waals surface area contributed by atoms with E-state index in [9.17, 15) is 24.3 Å². The van der Waals surface area contributed by atoms with E-state index in [1.165, 1.54) is 18.2 Å². The molecule has 5 heterocycles. The summed E-state index contributed by atoms with van der Waals surface area (Å²) < 4.78 is 4.78. The number of methoxy groups -OCH3 is 1. The number of nitrogens with one attached hydrogen (secondary N) is 5. The van der Waals surface area contributed by atoms with Crippen molar-refractivity contribution in [3.05, 3.63) is 71.6 Å². The third kappa shape index (κ3) is 7.12. The molecule has 6 N–H and O–H groups in total. The highest BCUT2D eigenvalue weighted by molar-refractivity contribution is 5.97. The lowest BCUT2D eigenvalue weighted by atomic mass is 10.0. The monoisotopic (exact) mass is 789 g/mol. The fourth-order valence-corrected chi connectivity index (χ4v) is 8.89. The first-order valence-electron chi connectivity index (χ1n) is 20.2. The number of fused-ring (bicyclic) bond motifs is 5. The van der Waals surface area contributed by atoms with Crippen molar-refractivity contribution in [2.45, 2.75) is 84.0 Å². The number of amides is 4. The third-order valence-electron chi connectivity index (χ3n) is 11.9. The lowest BCUT2D eigenvalue weighted by Crippen LogP contribution is -2.51. The third-order valence-corrected chi connectivity index (χ3v) is 11.9. The maximum absolute atomic E-state index is 13.6. The molecule has 15 heteroatoms. The summed E-state index contributed by atoms with van der Waals surface area (Å²) in [6, 6.07) is 10.9. The van der Waals surface area contributed by atoms with Crippen LogP contribution in [0.1, 0.15) is 88.2 Å². The summed E-state index contributed by atoms with van der Waals surface area (Å²) >= 11 is 0. The standard InChI is InChI=1S/C43H51N9O6/c1-22(2)36(49-35(54)21-53)41(55)51-14-6-8-33(51)40-45-20-32(48-40)25-11-13-30-28(17-25)29-18-26-16-24(10-12-27(26)38(29)46-30)31-19-44-39(47-31)34-9-7-15-52(34)42(56)37(23(3)4)50-43(57)58-5/h10-13,16-17,19-20,22-23,33-34,36-37,46,53H,6-9,14-15,18,21H2,1-5H3,(H,44,47)(H,45,48)(H,49,54)(H,50,57)/t33-,34-,36-,37-/m0/s1. The number of carbonyl (C=O) groups is 4. The van der Waals surface area contributed by atoms with Crippen LogP contribution in [0.2, 0.25) is 0 Å². The van der Waals surface area contributed by atoms with Gasteiger partial charge in [0.05, 0.1) is 48.7 Å². The van der Waals surface area contributed by atoms with Gasteiger partial charge in [0.15, 0.2) is 0 Å². The van der Waals surface area contributed by atoms with Crippen molar-refractivity contribution in [2.75, 3.05) is 26.8 Å². The summed E-state index contributed by atoms with van der Waals surface area (Å²) in [5.41, 5.74) is 9.48. The van der Waals surface area contributed by atoms with E-state index in [1.54, 1.807) is 4.90 Å². The summed E-state index contributed by atoms with van der Waals surface area (Å²) in [5, 5.41) is 15.8. The molecule has 0 spiro atoms. The Morgan fingerprint density at radius 1 is 0.810 bits per heavy atom. The molecule has 3 aliphatic rings. The minimum atomic E-state index is -0.730. The Bertz CT molecular complexity index is 2380. The number of aliphatic hydroxyl groups excluding tert-OH is 1. The van der Waals surface area contributed by atoms with Crippen LogP contribution in [0.5, 0.6) is 0 Å². The lowest BCUT2D eigenvalue weighted by molar-refractivity contribution is -0.139. The molecule has 4 atom stereocenters. The van der Waals surface area contributed by atoms with Crippen molar-refractivity contribution < 1.29 is 29.0 Å². The van der Waals surface area contributed by atoms with Gasteiger partial charge in [-0.15, -0.1) is 0 Å². The average molecular weight is 790 g/mol. The van der Waals surface area contributed by atoms with Crippen molar-refractivity contribution in [2.24, 2.45) is 11.8 Å². The second-order valence-corrected chi connectivity index (χ2v) is 16.3. The number of hydrogen-bond donors (Lipinski definition) is 6. The highest BCUT2D eigenvalue weighted by Crippen LogP contribution is 2.43. The van der Waals surface area contributed by atoms with Gasteiger partial charge in [-0.1, -0.05) is 45.9 Å². The Kier molecular flexibility index (Phi) is 10.6. The summed E-state index contributed by atoms with van der Waals surface area (Å²) in [6.07, 6.45) is 6.99. The molecule has 0 radical (unpaired) electrons. The number of likely N-dealkylation sites (tertiary alicyclic amines) is 2. The summed E-state index contributed by atoms with van der Waals surface area (Å²) in [6.45, 7) is 8.06. The van der Waals surface area contributed by atoms with Crippen LogP contribution in [-0.4, -0.2) is 103 Å². The molecule has 8 rings (SSSR count). The van der Waals surface area contributed by atoms with Crippen LogP contribution >= 0.6 is 0 Å². The van der Waals surface area contributed by atoms with Gasteiger partial charge in [-0.05, 0) is 72.4 Å². The van der Waals surface area contributed by atoms with Crippen molar-refractivity contribution in [3.63, 3.8) is 0 Å². The second-order valence-electron chi connectivity index (χ2n) is 16.3. The molecular weight excluding hydrogens is 739 g/mol. The van der Waals surface area contributed by atoms with E-state index >= 15 is 0 Å². The Balaban J connectivity index is 0.989. The topological polar surface area (TPSA) is 201 Å². The Morgan fingerprint density at radius 2 is 1.38 bits per heavy atom. The van der Waals surface area contributed by atoms with E-state index in [1.807, 2.05) is 45.0 Å². The van der Waals surface area contributed by atoms with Crippen LogP contribution < -0.4 is 10.6 Å². The Hall–Kier alpha value is -5.96. The molecule has 0 bridgehead atoms. The largest absolute Gasteiger partial charge is 0.453 e. The Labute approximate surface area is 336 Å². The normalized spacial score (nSPS) is 18.5. The summed E-state index contributed by atoms with van der Waals surface area (Å²) in [7, 11) is 1.29. The van der Waals surface area contributed by atoms with Crippen LogP contribution in [0.25, 0.3) is 44.7 Å². The number of benzene rings is 2. The quantitative estimate of drug-likeness (QED) is 0.101. The summed E-state index contributed by atoms with van der Waals surface area (Å²) in [4.78, 5) is 75.0. The van der Waals surface area contributed by atoms with E-state index in [-0.39, 0.29) is 35.7 Å². The first-order valence-corrected chi connectivity index (χ1v) is 20.2. The van der Waals surface area contributed by atoms with E-state index < -0.39 is 30.7 Å². The molecule has 4 amide bonds. The number of alkyl carbamates (subject to hydrolysis) is 1. The molecule has 0 unspecified atom stereocenters. The maximum Gasteiger partial charge on any atom is 0.407 e. The molecular formula is C43H51N9O6. The van der Waals surface area contributed by atoms with Gasteiger partial charge >= 0.3 is 6.09 Å². The fraction of sp³-hybridized carbons (Fsp3) is 0.442. The second kappa shape index (κ2) is 15.8. The van der Waals surface area contributed by atoms with Crippen LogP contribution in [0.15, 0.2) is 48.8 Å². The zero-order valence-electron chi connectivity index (χ0n) is 33.5. The molecule has 2 fully saturated rings. The molecule has 15 nitrogen and oxygen atoms in total. The zero-order chi connectivity index (χ0) is 40.8. The molecule has 2 aromatic carbocycles. The van der Waals surface area contributed by atoms with Gasteiger partial charge in [-0.3, -0.25) is 14.4 Å². The van der Waals surface area contributed by atoms with Gasteiger partial charge in [0, 0.05) is 41.5 Å². The zero-order valence-corrected chi connectivity index (χ0v) is 33.5. The molecule has 0 saturated carbocycles. The van der Waals surface area contributed by atoms with Gasteiger partial charge in [0.2, 0.25) is 17.7 Å². The predicted molar refractivity (Wildman–Crippen MR) is 217 cm³/mol. The van der Waals surface area contributed by atoms with Gasteiger partial charge in [0.1, 0.15) is 30.3 Å². The highest BCUT2D eigenvalue weighted by atomic mass is 16.5. The smallest absolute Gasteiger partial charge is 0.407 e. The van der Waals surface area contributed by atoms with E-state index in [4.69, 9.17) is 14.7 Å². The summed E-state index contributed by atoms with van der Waals surface area (Å²) in [5.74, 6) is 0.304. The molecule has 58 heavy (non-hydrogen) atoms. The lowest BCUT2D eigenvalue weighted by Gasteiger charge is -2.30. The van der Waals surface area contributed by atoms with Gasteiger partial charge in [-0.25, -0.2) is 14.8 Å². The van der Waals surface area contributed by atoms with Crippen LogP contribution in [0, 0.1) is 11.8 Å². The number of aromatic nitrogens is 5. The molecule has 1 aliphatic carbocycles. The fourth-order valence-electron chi connectivity index (χ4n) is 8.89. The van der Waals surface area contributed by atoms with Crippen molar-refractivity contribution in [1.29, 1.82) is 0 Å². The van der Waals surface area contributed by atoms with E-state index in [2.05, 4.69) is 62.0 Å². The minimum absolute atomic E-state index is 0.111. The number of H-pyrrole nitrogens is 3. The highest BCUT2D eigenvalue weighted by Gasteiger charge is 2.39. The predicted octanol–water partition coefficient (Wildman–Crippen LogP) is 5.36. The van der Waals surface area contributed by atoms with Crippen molar-refractivity contribution in [1.82, 2.24) is 45.4 Å².